The first-order chi connectivity index (χ1) is 12.7. The highest BCUT2D eigenvalue weighted by Gasteiger charge is 2.22. The van der Waals surface area contributed by atoms with Gasteiger partial charge in [0, 0.05) is 32.4 Å². The summed E-state index contributed by atoms with van der Waals surface area (Å²) in [6.45, 7) is 2.87. The highest BCUT2D eigenvalue weighted by molar-refractivity contribution is 5.93. The first kappa shape index (κ1) is 16.8. The first-order valence-electron chi connectivity index (χ1n) is 9.17. The molecule has 1 aliphatic rings. The molecule has 0 saturated carbocycles. The number of aromatic nitrogens is 2. The van der Waals surface area contributed by atoms with Crippen LogP contribution in [0.15, 0.2) is 54.9 Å². The summed E-state index contributed by atoms with van der Waals surface area (Å²) in [5.41, 5.74) is 1.97. The highest BCUT2D eigenvalue weighted by atomic mass is 16.1. The zero-order chi connectivity index (χ0) is 17.9. The molecular weight excluding hydrogens is 324 g/mol. The minimum atomic E-state index is -0.0323. The van der Waals surface area contributed by atoms with Gasteiger partial charge in [0.2, 0.25) is 0 Å². The number of nitrogens with one attached hydrogen (secondary N) is 1. The Hall–Kier alpha value is -2.66. The molecule has 5 heteroatoms. The van der Waals surface area contributed by atoms with Gasteiger partial charge in [0.15, 0.2) is 0 Å². The Bertz CT molecular complexity index is 912. The Morgan fingerprint density at radius 3 is 2.92 bits per heavy atom. The highest BCUT2D eigenvalue weighted by Crippen LogP contribution is 2.21. The molecule has 0 spiro atoms. The summed E-state index contributed by atoms with van der Waals surface area (Å²) in [6.07, 6.45) is 5.50. The molecule has 0 radical (unpaired) electrons. The molecule has 2 aromatic carbocycles. The van der Waals surface area contributed by atoms with E-state index in [1.165, 1.54) is 16.3 Å². The van der Waals surface area contributed by atoms with Gasteiger partial charge in [0.05, 0.1) is 11.8 Å². The summed E-state index contributed by atoms with van der Waals surface area (Å²) in [5, 5.41) is 9.84. The van der Waals surface area contributed by atoms with Gasteiger partial charge in [0.25, 0.3) is 5.91 Å². The van der Waals surface area contributed by atoms with Crippen molar-refractivity contribution < 1.29 is 4.79 Å². The summed E-state index contributed by atoms with van der Waals surface area (Å²) in [5.74, 6) is -0.0323. The number of hydrogen-bond donors (Lipinski definition) is 1. The lowest BCUT2D eigenvalue weighted by Crippen LogP contribution is -2.47. The van der Waals surface area contributed by atoms with Crippen molar-refractivity contribution in [3.05, 3.63) is 66.0 Å². The predicted octanol–water partition coefficient (Wildman–Crippen LogP) is 2.97. The van der Waals surface area contributed by atoms with E-state index in [1.807, 2.05) is 7.05 Å². The van der Waals surface area contributed by atoms with Gasteiger partial charge in [-0.1, -0.05) is 42.5 Å². The van der Waals surface area contributed by atoms with Crippen LogP contribution in [0.3, 0.4) is 0 Å². The molecule has 1 aliphatic heterocycles. The first-order valence-corrected chi connectivity index (χ1v) is 9.17. The van der Waals surface area contributed by atoms with Crippen LogP contribution in [-0.4, -0.2) is 39.7 Å². The van der Waals surface area contributed by atoms with Gasteiger partial charge < -0.3 is 5.32 Å². The van der Waals surface area contributed by atoms with Crippen molar-refractivity contribution in [2.75, 3.05) is 13.1 Å². The molecule has 1 aromatic heterocycles. The van der Waals surface area contributed by atoms with Gasteiger partial charge in [-0.05, 0) is 35.7 Å². The molecule has 1 saturated heterocycles. The van der Waals surface area contributed by atoms with Crippen molar-refractivity contribution in [1.82, 2.24) is 20.0 Å². The molecule has 4 rings (SSSR count). The molecule has 1 N–H and O–H groups in total. The molecular formula is C21H24N4O. The second kappa shape index (κ2) is 7.30. The van der Waals surface area contributed by atoms with Gasteiger partial charge in [-0.2, -0.15) is 5.10 Å². The average Bonchev–Trinajstić information content (AvgIpc) is 3.09. The van der Waals surface area contributed by atoms with Crippen molar-refractivity contribution in [2.24, 2.45) is 7.05 Å². The molecule has 3 aromatic rings. The molecule has 134 valence electrons. The standard InChI is InChI=1S/C21H24N4O/c1-24-13-18(12-22-24)21(26)23-19-9-5-11-25(15-19)14-17-8-4-7-16-6-2-3-10-20(16)17/h2-4,6-8,10,12-13,19H,5,9,11,14-15H2,1H3,(H,23,26). The molecule has 1 amide bonds. The maximum Gasteiger partial charge on any atom is 0.254 e. The number of carbonyl (C=O) groups is 1. The third-order valence-electron chi connectivity index (χ3n) is 5.08. The normalized spacial score (nSPS) is 18.1. The van der Waals surface area contributed by atoms with Crippen LogP contribution in [0.2, 0.25) is 0 Å². The van der Waals surface area contributed by atoms with E-state index >= 15 is 0 Å². The topological polar surface area (TPSA) is 50.2 Å². The van der Waals surface area contributed by atoms with E-state index in [1.54, 1.807) is 17.1 Å². The smallest absolute Gasteiger partial charge is 0.254 e. The third kappa shape index (κ3) is 3.63. The van der Waals surface area contributed by atoms with Crippen LogP contribution >= 0.6 is 0 Å². The number of carbonyl (C=O) groups excluding carboxylic acids is 1. The summed E-state index contributed by atoms with van der Waals surface area (Å²) in [7, 11) is 1.82. The quantitative estimate of drug-likeness (QED) is 0.789. The Morgan fingerprint density at radius 2 is 2.08 bits per heavy atom. The number of rotatable bonds is 4. The summed E-state index contributed by atoms with van der Waals surface area (Å²) in [6, 6.07) is 15.2. The van der Waals surface area contributed by atoms with Crippen LogP contribution in [0, 0.1) is 0 Å². The number of hydrogen-bond acceptors (Lipinski definition) is 3. The monoisotopic (exact) mass is 348 g/mol. The zero-order valence-electron chi connectivity index (χ0n) is 15.1. The average molecular weight is 348 g/mol. The fourth-order valence-electron chi connectivity index (χ4n) is 3.80. The van der Waals surface area contributed by atoms with Gasteiger partial charge in [-0.15, -0.1) is 0 Å². The maximum absolute atomic E-state index is 12.4. The Balaban J connectivity index is 1.42. The predicted molar refractivity (Wildman–Crippen MR) is 103 cm³/mol. The second-order valence-corrected chi connectivity index (χ2v) is 7.09. The molecule has 1 atom stereocenters. The van der Waals surface area contributed by atoms with Crippen molar-refractivity contribution >= 4 is 16.7 Å². The summed E-state index contributed by atoms with van der Waals surface area (Å²) in [4.78, 5) is 14.8. The molecule has 0 aliphatic carbocycles. The van der Waals surface area contributed by atoms with Crippen molar-refractivity contribution in [3.8, 4) is 0 Å². The lowest BCUT2D eigenvalue weighted by Gasteiger charge is -2.33. The van der Waals surface area contributed by atoms with Crippen molar-refractivity contribution in [3.63, 3.8) is 0 Å². The number of fused-ring (bicyclic) bond motifs is 1. The SMILES string of the molecule is Cn1cc(C(=O)NC2CCCN(Cc3cccc4ccccc34)C2)cn1. The lowest BCUT2D eigenvalue weighted by atomic mass is 10.0. The molecule has 5 nitrogen and oxygen atoms in total. The minimum Gasteiger partial charge on any atom is -0.348 e. The zero-order valence-corrected chi connectivity index (χ0v) is 15.1. The van der Waals surface area contributed by atoms with Crippen LogP contribution < -0.4 is 5.32 Å². The van der Waals surface area contributed by atoms with E-state index in [0.29, 0.717) is 5.56 Å². The van der Waals surface area contributed by atoms with E-state index < -0.39 is 0 Å². The Labute approximate surface area is 153 Å². The fourth-order valence-corrected chi connectivity index (χ4v) is 3.80. The number of amides is 1. The van der Waals surface area contributed by atoms with E-state index in [0.717, 1.165) is 32.5 Å². The van der Waals surface area contributed by atoms with Crippen molar-refractivity contribution in [1.29, 1.82) is 0 Å². The molecule has 26 heavy (non-hydrogen) atoms. The molecule has 1 unspecified atom stereocenters. The fraction of sp³-hybridized carbons (Fsp3) is 0.333. The van der Waals surface area contributed by atoms with E-state index in [4.69, 9.17) is 0 Å². The number of benzene rings is 2. The van der Waals surface area contributed by atoms with Crippen molar-refractivity contribution in [2.45, 2.75) is 25.4 Å². The van der Waals surface area contributed by atoms with Gasteiger partial charge >= 0.3 is 0 Å². The van der Waals surface area contributed by atoms with Gasteiger partial charge in [-0.25, -0.2) is 0 Å². The van der Waals surface area contributed by atoms with Crippen LogP contribution in [0.1, 0.15) is 28.8 Å². The van der Waals surface area contributed by atoms with E-state index in [9.17, 15) is 4.79 Å². The molecule has 2 heterocycles. The summed E-state index contributed by atoms with van der Waals surface area (Å²) >= 11 is 0. The molecule has 0 bridgehead atoms. The number of piperidine rings is 1. The third-order valence-corrected chi connectivity index (χ3v) is 5.08. The number of nitrogens with zero attached hydrogens (tertiary/aromatic N) is 3. The van der Waals surface area contributed by atoms with Crippen LogP contribution in [0.25, 0.3) is 10.8 Å². The van der Waals surface area contributed by atoms with Crippen LogP contribution in [0.4, 0.5) is 0 Å². The Morgan fingerprint density at radius 1 is 1.23 bits per heavy atom. The van der Waals surface area contributed by atoms with Gasteiger partial charge in [0.1, 0.15) is 0 Å². The van der Waals surface area contributed by atoms with Crippen LogP contribution in [0.5, 0.6) is 0 Å². The summed E-state index contributed by atoms with van der Waals surface area (Å²) < 4.78 is 1.66. The van der Waals surface area contributed by atoms with E-state index in [2.05, 4.69) is 57.8 Å². The number of aryl methyl sites for hydroxylation is 1. The Kier molecular flexibility index (Phi) is 4.71. The van der Waals surface area contributed by atoms with Gasteiger partial charge in [-0.3, -0.25) is 14.4 Å². The van der Waals surface area contributed by atoms with Crippen LogP contribution in [-0.2, 0) is 13.6 Å². The lowest BCUT2D eigenvalue weighted by molar-refractivity contribution is 0.0901. The number of likely N-dealkylation sites (tertiary alicyclic amines) is 1. The minimum absolute atomic E-state index is 0.0323. The van der Waals surface area contributed by atoms with E-state index in [-0.39, 0.29) is 11.9 Å². The molecule has 1 fully saturated rings. The maximum atomic E-state index is 12.4. The second-order valence-electron chi connectivity index (χ2n) is 7.09. The largest absolute Gasteiger partial charge is 0.348 e.